The van der Waals surface area contributed by atoms with E-state index in [-0.39, 0.29) is 12.0 Å². The number of nitrogen functional groups attached to an aromatic ring is 1. The molecule has 2 heterocycles. The van der Waals surface area contributed by atoms with Crippen LogP contribution in [0.25, 0.3) is 11.0 Å². The van der Waals surface area contributed by atoms with Crippen molar-refractivity contribution in [2.45, 2.75) is 19.4 Å². The Morgan fingerprint density at radius 2 is 2.25 bits per heavy atom. The Balaban J connectivity index is 1.87. The van der Waals surface area contributed by atoms with Gasteiger partial charge in [0.2, 0.25) is 0 Å². The summed E-state index contributed by atoms with van der Waals surface area (Å²) in [7, 11) is 0. The molecule has 5 nitrogen and oxygen atoms in total. The predicted octanol–water partition coefficient (Wildman–Crippen LogP) is 2.27. The maximum Gasteiger partial charge on any atom is 0.289 e. The third kappa shape index (κ3) is 2.49. The van der Waals surface area contributed by atoms with Crippen molar-refractivity contribution in [3.63, 3.8) is 0 Å². The molecule has 2 N–H and O–H groups in total. The second-order valence-corrected chi connectivity index (χ2v) is 5.19. The van der Waals surface area contributed by atoms with E-state index >= 15 is 0 Å². The van der Waals surface area contributed by atoms with Gasteiger partial charge in [-0.1, -0.05) is 0 Å². The van der Waals surface area contributed by atoms with Crippen LogP contribution in [0.4, 0.5) is 5.69 Å². The summed E-state index contributed by atoms with van der Waals surface area (Å²) in [5.74, 6) is 0.275. The van der Waals surface area contributed by atoms with Crippen molar-refractivity contribution in [1.82, 2.24) is 4.90 Å². The molecule has 0 saturated carbocycles. The number of ether oxygens (including phenoxy) is 1. The van der Waals surface area contributed by atoms with Gasteiger partial charge >= 0.3 is 0 Å². The van der Waals surface area contributed by atoms with Gasteiger partial charge in [0.05, 0.1) is 6.10 Å². The van der Waals surface area contributed by atoms with E-state index in [1.807, 2.05) is 13.0 Å². The number of nitrogens with zero attached hydrogens (tertiary/aromatic N) is 1. The minimum absolute atomic E-state index is 0.0569. The number of benzene rings is 1. The number of amides is 1. The molecule has 1 atom stereocenters. The fraction of sp³-hybridized carbons (Fsp3) is 0.400. The van der Waals surface area contributed by atoms with E-state index in [1.165, 1.54) is 0 Å². The molecule has 0 bridgehead atoms. The van der Waals surface area contributed by atoms with Gasteiger partial charge in [0.15, 0.2) is 5.76 Å². The molecule has 2 aromatic rings. The van der Waals surface area contributed by atoms with E-state index in [0.717, 1.165) is 11.8 Å². The van der Waals surface area contributed by atoms with Gasteiger partial charge in [-0.15, -0.1) is 0 Å². The molecule has 0 aliphatic carbocycles. The molecule has 1 saturated heterocycles. The van der Waals surface area contributed by atoms with E-state index in [9.17, 15) is 4.79 Å². The normalized spacial score (nSPS) is 20.1. The summed E-state index contributed by atoms with van der Waals surface area (Å²) >= 11 is 0. The number of fused-ring (bicyclic) bond motifs is 1. The third-order valence-corrected chi connectivity index (χ3v) is 3.49. The Hall–Kier alpha value is -2.01. The molecule has 1 amide bonds. The largest absolute Gasteiger partial charge is 0.451 e. The molecule has 3 rings (SSSR count). The standard InChI is InChI=1S/C15H18N2O3/c1-10-9-17(5-2-6-19-10)15(18)14-8-11-7-12(16)3-4-13(11)20-14/h3-4,7-8,10H,2,5-6,9,16H2,1H3. The lowest BCUT2D eigenvalue weighted by Crippen LogP contribution is -2.35. The zero-order valence-electron chi connectivity index (χ0n) is 11.5. The molecule has 0 radical (unpaired) electrons. The number of hydrogen-bond acceptors (Lipinski definition) is 4. The van der Waals surface area contributed by atoms with Gasteiger partial charge in [0.25, 0.3) is 5.91 Å². The van der Waals surface area contributed by atoms with Crippen LogP contribution in [0.1, 0.15) is 23.9 Å². The molecule has 20 heavy (non-hydrogen) atoms. The monoisotopic (exact) mass is 274 g/mol. The van der Waals surface area contributed by atoms with Crippen molar-refractivity contribution < 1.29 is 13.9 Å². The van der Waals surface area contributed by atoms with Gasteiger partial charge in [0, 0.05) is 30.8 Å². The van der Waals surface area contributed by atoms with E-state index in [0.29, 0.717) is 36.7 Å². The van der Waals surface area contributed by atoms with Crippen molar-refractivity contribution in [1.29, 1.82) is 0 Å². The molecule has 5 heteroatoms. The molecule has 1 unspecified atom stereocenters. The van der Waals surface area contributed by atoms with Gasteiger partial charge in [-0.25, -0.2) is 0 Å². The Labute approximate surface area is 117 Å². The summed E-state index contributed by atoms with van der Waals surface area (Å²) in [5, 5.41) is 0.854. The van der Waals surface area contributed by atoms with Gasteiger partial charge in [-0.2, -0.15) is 0 Å². The molecule has 1 aliphatic heterocycles. The first-order chi connectivity index (χ1) is 9.63. The first kappa shape index (κ1) is 13.0. The molecule has 0 spiro atoms. The van der Waals surface area contributed by atoms with Gasteiger partial charge in [-0.3, -0.25) is 4.79 Å². The summed E-state index contributed by atoms with van der Waals surface area (Å²) in [4.78, 5) is 14.3. The zero-order chi connectivity index (χ0) is 14.1. The Bertz CT molecular complexity index is 635. The van der Waals surface area contributed by atoms with E-state index in [1.54, 1.807) is 23.1 Å². The quantitative estimate of drug-likeness (QED) is 0.810. The summed E-state index contributed by atoms with van der Waals surface area (Å²) in [6.07, 6.45) is 0.907. The average Bonchev–Trinajstić information content (AvgIpc) is 2.71. The van der Waals surface area contributed by atoms with Crippen molar-refractivity contribution >= 4 is 22.6 Å². The summed E-state index contributed by atoms with van der Waals surface area (Å²) in [6.45, 7) is 3.97. The van der Waals surface area contributed by atoms with Gasteiger partial charge in [0.1, 0.15) is 5.58 Å². The fourth-order valence-electron chi connectivity index (χ4n) is 2.50. The van der Waals surface area contributed by atoms with Crippen molar-refractivity contribution in [2.75, 3.05) is 25.4 Å². The van der Waals surface area contributed by atoms with Crippen molar-refractivity contribution in [3.05, 3.63) is 30.0 Å². The van der Waals surface area contributed by atoms with Crippen LogP contribution in [-0.4, -0.2) is 36.6 Å². The summed E-state index contributed by atoms with van der Waals surface area (Å²) in [5.41, 5.74) is 7.08. The summed E-state index contributed by atoms with van der Waals surface area (Å²) in [6, 6.07) is 7.12. The lowest BCUT2D eigenvalue weighted by molar-refractivity contribution is 0.0546. The Morgan fingerprint density at radius 1 is 1.40 bits per heavy atom. The number of anilines is 1. The fourth-order valence-corrected chi connectivity index (χ4v) is 2.50. The lowest BCUT2D eigenvalue weighted by Gasteiger charge is -2.20. The van der Waals surface area contributed by atoms with Crippen molar-refractivity contribution in [3.8, 4) is 0 Å². The van der Waals surface area contributed by atoms with E-state index in [2.05, 4.69) is 0 Å². The van der Waals surface area contributed by atoms with Crippen LogP contribution in [0.5, 0.6) is 0 Å². The molecule has 1 fully saturated rings. The number of rotatable bonds is 1. The number of carbonyl (C=O) groups is 1. The minimum atomic E-state index is -0.0860. The average molecular weight is 274 g/mol. The van der Waals surface area contributed by atoms with Crippen LogP contribution in [0.2, 0.25) is 0 Å². The maximum absolute atomic E-state index is 12.5. The second kappa shape index (κ2) is 5.17. The van der Waals surface area contributed by atoms with Crippen LogP contribution in [0.3, 0.4) is 0 Å². The highest BCUT2D eigenvalue weighted by atomic mass is 16.5. The Morgan fingerprint density at radius 3 is 3.10 bits per heavy atom. The SMILES string of the molecule is CC1CN(C(=O)c2cc3cc(N)ccc3o2)CCCO1. The number of nitrogens with two attached hydrogens (primary N) is 1. The molecular formula is C15H18N2O3. The molecule has 1 aliphatic rings. The topological polar surface area (TPSA) is 68.7 Å². The van der Waals surface area contributed by atoms with E-state index < -0.39 is 0 Å². The first-order valence-electron chi connectivity index (χ1n) is 6.83. The highest BCUT2D eigenvalue weighted by Gasteiger charge is 2.23. The van der Waals surface area contributed by atoms with Crippen LogP contribution < -0.4 is 5.73 Å². The molecule has 106 valence electrons. The van der Waals surface area contributed by atoms with Gasteiger partial charge < -0.3 is 19.8 Å². The third-order valence-electron chi connectivity index (χ3n) is 3.49. The van der Waals surface area contributed by atoms with E-state index in [4.69, 9.17) is 14.9 Å². The van der Waals surface area contributed by atoms with Crippen LogP contribution in [-0.2, 0) is 4.74 Å². The second-order valence-electron chi connectivity index (χ2n) is 5.19. The minimum Gasteiger partial charge on any atom is -0.451 e. The molecular weight excluding hydrogens is 256 g/mol. The molecule has 1 aromatic carbocycles. The van der Waals surface area contributed by atoms with Crippen LogP contribution in [0, 0.1) is 0 Å². The number of furan rings is 1. The zero-order valence-corrected chi connectivity index (χ0v) is 11.5. The smallest absolute Gasteiger partial charge is 0.289 e. The Kier molecular flexibility index (Phi) is 3.36. The van der Waals surface area contributed by atoms with Crippen LogP contribution in [0.15, 0.2) is 28.7 Å². The molecule has 1 aromatic heterocycles. The number of hydrogen-bond donors (Lipinski definition) is 1. The highest BCUT2D eigenvalue weighted by Crippen LogP contribution is 2.23. The highest BCUT2D eigenvalue weighted by molar-refractivity contribution is 5.96. The van der Waals surface area contributed by atoms with Crippen LogP contribution >= 0.6 is 0 Å². The number of carbonyl (C=O) groups excluding carboxylic acids is 1. The van der Waals surface area contributed by atoms with Crippen molar-refractivity contribution in [2.24, 2.45) is 0 Å². The van der Waals surface area contributed by atoms with Gasteiger partial charge in [-0.05, 0) is 37.6 Å². The predicted molar refractivity (Wildman–Crippen MR) is 76.6 cm³/mol. The first-order valence-corrected chi connectivity index (χ1v) is 6.83. The maximum atomic E-state index is 12.5. The summed E-state index contributed by atoms with van der Waals surface area (Å²) < 4.78 is 11.2. The lowest BCUT2D eigenvalue weighted by atomic mass is 10.2.